The molecule has 3 N–H and O–H groups in total. The van der Waals surface area contributed by atoms with Crippen LogP contribution in [-0.4, -0.2) is 45.4 Å². The molecule has 3 rings (SSSR count). The molecule has 2 atom stereocenters. The van der Waals surface area contributed by atoms with Gasteiger partial charge in [-0.05, 0) is 56.2 Å². The van der Waals surface area contributed by atoms with Gasteiger partial charge in [-0.15, -0.1) is 12.4 Å². The second-order valence-corrected chi connectivity index (χ2v) is 10.3. The van der Waals surface area contributed by atoms with Crippen molar-refractivity contribution in [3.05, 3.63) is 65.4 Å². The summed E-state index contributed by atoms with van der Waals surface area (Å²) in [6.07, 6.45) is 2.04. The summed E-state index contributed by atoms with van der Waals surface area (Å²) in [7, 11) is -3.78. The summed E-state index contributed by atoms with van der Waals surface area (Å²) in [5, 5.41) is 23.7. The number of aliphatic hydroxyl groups excluding tert-OH is 1. The van der Waals surface area contributed by atoms with E-state index in [0.29, 0.717) is 0 Å². The molecule has 2 aromatic carbocycles. The van der Waals surface area contributed by atoms with Crippen molar-refractivity contribution >= 4 is 39.1 Å². The number of carbonyl (C=O) groups is 1. The first-order valence-electron chi connectivity index (χ1n) is 9.95. The molecule has 1 unspecified atom stereocenters. The monoisotopic (exact) mass is 491 g/mol. The van der Waals surface area contributed by atoms with E-state index in [-0.39, 0.29) is 25.4 Å². The molecule has 0 spiro atoms. The molecule has 1 aromatic heterocycles. The summed E-state index contributed by atoms with van der Waals surface area (Å²) in [6.45, 7) is 3.15. The third-order valence-corrected chi connectivity index (χ3v) is 7.61. The third-order valence-electron chi connectivity index (χ3n) is 5.59. The van der Waals surface area contributed by atoms with Gasteiger partial charge in [0.2, 0.25) is 0 Å². The number of hydrogen-bond donors (Lipinski definition) is 3. The molecular formula is C23H26ClN3O5S. The van der Waals surface area contributed by atoms with Gasteiger partial charge in [0.05, 0.1) is 17.8 Å². The zero-order valence-electron chi connectivity index (χ0n) is 18.4. The number of halogens is 1. The molecule has 0 aliphatic heterocycles. The molecule has 0 radical (unpaired) electrons. The number of aryl methyl sites for hydroxylation is 1. The van der Waals surface area contributed by atoms with Crippen molar-refractivity contribution in [1.29, 1.82) is 0 Å². The molecule has 0 saturated heterocycles. The second-order valence-electron chi connectivity index (χ2n) is 7.88. The molecular weight excluding hydrogens is 466 g/mol. The van der Waals surface area contributed by atoms with Crippen LogP contribution in [0.2, 0.25) is 0 Å². The number of benzene rings is 2. The Morgan fingerprint density at radius 3 is 2.36 bits per heavy atom. The Morgan fingerprint density at radius 1 is 1.18 bits per heavy atom. The van der Waals surface area contributed by atoms with E-state index in [2.05, 4.69) is 16.9 Å². The minimum Gasteiger partial charge on any atom is -0.389 e. The Balaban J connectivity index is 0.00000385. The highest BCUT2D eigenvalue weighted by atomic mass is 35.5. The van der Waals surface area contributed by atoms with Crippen molar-refractivity contribution in [2.75, 3.05) is 6.26 Å². The number of nitrogens with one attached hydrogen (secondary N) is 1. The van der Waals surface area contributed by atoms with Crippen LogP contribution in [0.5, 0.6) is 0 Å². The number of fused-ring (bicyclic) bond motifs is 1. The van der Waals surface area contributed by atoms with Crippen molar-refractivity contribution in [2.45, 2.75) is 37.7 Å². The van der Waals surface area contributed by atoms with Gasteiger partial charge in [0.25, 0.3) is 5.91 Å². The van der Waals surface area contributed by atoms with Gasteiger partial charge in [0, 0.05) is 29.3 Å². The maximum Gasteiger partial charge on any atom is 0.264 e. The number of nitrogens with zero attached hydrogens (tertiary/aromatic N) is 2. The number of amides is 1. The Bertz CT molecular complexity index is 1310. The van der Waals surface area contributed by atoms with E-state index in [0.717, 1.165) is 33.8 Å². The topological polar surface area (TPSA) is 122 Å². The van der Waals surface area contributed by atoms with Crippen LogP contribution in [0.1, 0.15) is 43.1 Å². The highest BCUT2D eigenvalue weighted by Crippen LogP contribution is 2.24. The summed E-state index contributed by atoms with van der Waals surface area (Å²) in [5.74, 6) is 5.21. The first kappa shape index (κ1) is 26.4. The molecule has 176 valence electrons. The average molecular weight is 492 g/mol. The highest BCUT2D eigenvalue weighted by Gasteiger charge is 2.43. The SMILES string of the molecule is C[C@@H](O)c1ccc(C#Cc2ccc3c(cnn3CCC(C)(C(=O)NO)S(C)(=O)=O)c2)cc1.Cl. The first-order chi connectivity index (χ1) is 15.0. The normalized spacial score (nSPS) is 13.8. The van der Waals surface area contributed by atoms with Crippen molar-refractivity contribution in [3.8, 4) is 11.8 Å². The van der Waals surface area contributed by atoms with E-state index in [1.807, 2.05) is 42.5 Å². The van der Waals surface area contributed by atoms with Crippen LogP contribution in [0.25, 0.3) is 10.9 Å². The number of sulfone groups is 1. The summed E-state index contributed by atoms with van der Waals surface area (Å²) in [4.78, 5) is 12.0. The molecule has 0 aliphatic rings. The fourth-order valence-electron chi connectivity index (χ4n) is 3.24. The molecule has 3 aromatic rings. The number of hydrogen-bond acceptors (Lipinski definition) is 6. The lowest BCUT2D eigenvalue weighted by Gasteiger charge is -2.25. The number of aliphatic hydroxyl groups is 1. The summed E-state index contributed by atoms with van der Waals surface area (Å²) in [5.41, 5.74) is 4.66. The van der Waals surface area contributed by atoms with Gasteiger partial charge >= 0.3 is 0 Å². The highest BCUT2D eigenvalue weighted by molar-refractivity contribution is 7.92. The Kier molecular flexibility index (Phi) is 8.27. The summed E-state index contributed by atoms with van der Waals surface area (Å²) in [6, 6.07) is 12.9. The number of aromatic nitrogens is 2. The van der Waals surface area contributed by atoms with Gasteiger partial charge in [-0.2, -0.15) is 5.10 Å². The summed E-state index contributed by atoms with van der Waals surface area (Å²) >= 11 is 0. The predicted molar refractivity (Wildman–Crippen MR) is 128 cm³/mol. The van der Waals surface area contributed by atoms with E-state index in [4.69, 9.17) is 5.21 Å². The van der Waals surface area contributed by atoms with E-state index in [1.54, 1.807) is 17.8 Å². The van der Waals surface area contributed by atoms with Crippen LogP contribution in [-0.2, 0) is 21.2 Å². The predicted octanol–water partition coefficient (Wildman–Crippen LogP) is 2.61. The minimum absolute atomic E-state index is 0. The van der Waals surface area contributed by atoms with Crippen LogP contribution in [0, 0.1) is 11.8 Å². The van der Waals surface area contributed by atoms with Gasteiger partial charge in [0.1, 0.15) is 0 Å². The summed E-state index contributed by atoms with van der Waals surface area (Å²) < 4.78 is 24.1. The Morgan fingerprint density at radius 2 is 1.79 bits per heavy atom. The maximum absolute atomic E-state index is 12.1. The minimum atomic E-state index is -3.78. The van der Waals surface area contributed by atoms with E-state index >= 15 is 0 Å². The maximum atomic E-state index is 12.1. The molecule has 0 aliphatic carbocycles. The van der Waals surface area contributed by atoms with Gasteiger partial charge in [-0.3, -0.25) is 14.7 Å². The lowest BCUT2D eigenvalue weighted by molar-refractivity contribution is -0.131. The molecule has 0 saturated carbocycles. The quantitative estimate of drug-likeness (QED) is 0.277. The number of hydroxylamine groups is 1. The number of rotatable bonds is 6. The van der Waals surface area contributed by atoms with E-state index in [9.17, 15) is 18.3 Å². The average Bonchev–Trinajstić information content (AvgIpc) is 3.17. The first-order valence-corrected chi connectivity index (χ1v) is 11.8. The van der Waals surface area contributed by atoms with Crippen molar-refractivity contribution in [3.63, 3.8) is 0 Å². The molecule has 0 bridgehead atoms. The molecule has 33 heavy (non-hydrogen) atoms. The number of carbonyl (C=O) groups excluding carboxylic acids is 1. The van der Waals surface area contributed by atoms with Gasteiger partial charge in [0.15, 0.2) is 14.6 Å². The van der Waals surface area contributed by atoms with Gasteiger partial charge in [-0.1, -0.05) is 24.0 Å². The second kappa shape index (κ2) is 10.4. The standard InChI is InChI=1S/C23H25N3O5S.ClH/c1-16(27)19-9-6-17(7-10-19)4-5-18-8-11-21-20(14-18)15-24-26(21)13-12-23(2,22(28)25-29)32(3,30)31;/h6-11,14-16,27,29H,12-13H2,1-3H3,(H,25,28);1H/t16-,23?;/m1./s1. The van der Waals surface area contributed by atoms with Crippen molar-refractivity contribution in [1.82, 2.24) is 15.3 Å². The zero-order valence-corrected chi connectivity index (χ0v) is 20.1. The molecule has 0 fully saturated rings. The molecule has 1 heterocycles. The largest absolute Gasteiger partial charge is 0.389 e. The van der Waals surface area contributed by atoms with E-state index in [1.165, 1.54) is 12.4 Å². The Labute approximate surface area is 198 Å². The zero-order chi connectivity index (χ0) is 23.5. The lowest BCUT2D eigenvalue weighted by Crippen LogP contribution is -2.49. The third kappa shape index (κ3) is 5.72. The van der Waals surface area contributed by atoms with Crippen molar-refractivity contribution < 1.29 is 23.5 Å². The van der Waals surface area contributed by atoms with Crippen LogP contribution in [0.4, 0.5) is 0 Å². The van der Waals surface area contributed by atoms with Crippen LogP contribution in [0.3, 0.4) is 0 Å². The fourth-order valence-corrected chi connectivity index (χ4v) is 4.08. The van der Waals surface area contributed by atoms with Crippen LogP contribution in [0.15, 0.2) is 48.7 Å². The smallest absolute Gasteiger partial charge is 0.264 e. The van der Waals surface area contributed by atoms with Crippen molar-refractivity contribution in [2.24, 2.45) is 0 Å². The fraction of sp³-hybridized carbons (Fsp3) is 0.304. The molecule has 8 nitrogen and oxygen atoms in total. The van der Waals surface area contributed by atoms with E-state index < -0.39 is 26.6 Å². The van der Waals surface area contributed by atoms with Crippen LogP contribution < -0.4 is 5.48 Å². The Hall–Kier alpha value is -2.90. The van der Waals surface area contributed by atoms with Crippen LogP contribution >= 0.6 is 12.4 Å². The molecule has 10 heteroatoms. The molecule has 1 amide bonds. The lowest BCUT2D eigenvalue weighted by atomic mass is 10.1. The van der Waals surface area contributed by atoms with Gasteiger partial charge in [-0.25, -0.2) is 13.9 Å². The van der Waals surface area contributed by atoms with Gasteiger partial charge < -0.3 is 5.11 Å².